The summed E-state index contributed by atoms with van der Waals surface area (Å²) in [5, 5.41) is 19.5. The number of nitrogens with one attached hydrogen (secondary N) is 3. The minimum Gasteiger partial charge on any atom is -0.361 e. The first-order valence-electron chi connectivity index (χ1n) is 5.83. The van der Waals surface area contributed by atoms with Crippen molar-refractivity contribution < 1.29 is 5.11 Å². The summed E-state index contributed by atoms with van der Waals surface area (Å²) in [4.78, 5) is 0. The molecule has 1 saturated heterocycles. The van der Waals surface area contributed by atoms with Gasteiger partial charge in [-0.15, -0.1) is 0 Å². The van der Waals surface area contributed by atoms with E-state index in [9.17, 15) is 5.11 Å². The van der Waals surface area contributed by atoms with Gasteiger partial charge in [0.2, 0.25) is 0 Å². The lowest BCUT2D eigenvalue weighted by Gasteiger charge is -2.45. The summed E-state index contributed by atoms with van der Waals surface area (Å²) in [6, 6.07) is 8.23. The minimum atomic E-state index is -0.645. The molecule has 1 fully saturated rings. The summed E-state index contributed by atoms with van der Waals surface area (Å²) in [6.07, 6.45) is 1.39. The quantitative estimate of drug-likeness (QED) is 0.515. The molecule has 0 radical (unpaired) electrons. The minimum absolute atomic E-state index is 0.0630. The Hall–Kier alpha value is -1.10. The zero-order chi connectivity index (χ0) is 11.0. The number of para-hydroxylation sites is 1. The van der Waals surface area contributed by atoms with E-state index in [4.69, 9.17) is 0 Å². The van der Waals surface area contributed by atoms with E-state index in [-0.39, 0.29) is 5.54 Å². The molecule has 0 aromatic heterocycles. The third kappa shape index (κ3) is 1.50. The highest BCUT2D eigenvalue weighted by Gasteiger charge is 2.39. The summed E-state index contributed by atoms with van der Waals surface area (Å²) in [5.74, 6) is 0. The van der Waals surface area contributed by atoms with Crippen molar-refractivity contribution in [1.82, 2.24) is 10.6 Å². The van der Waals surface area contributed by atoms with Gasteiger partial charge in [0.05, 0.1) is 5.54 Å². The Kier molecular flexibility index (Phi) is 2.35. The highest BCUT2D eigenvalue weighted by Crippen LogP contribution is 2.38. The molecule has 1 aromatic carbocycles. The lowest BCUT2D eigenvalue weighted by molar-refractivity contribution is 0.0860. The predicted octanol–water partition coefficient (Wildman–Crippen LogP) is 0.556. The second kappa shape index (κ2) is 3.73. The molecular weight excluding hydrogens is 202 g/mol. The molecule has 0 bridgehead atoms. The van der Waals surface area contributed by atoms with Crippen LogP contribution in [0.4, 0.5) is 5.69 Å². The fraction of sp³-hybridized carbons (Fsp3) is 0.500. The van der Waals surface area contributed by atoms with Crippen LogP contribution in [0.3, 0.4) is 0 Å². The van der Waals surface area contributed by atoms with E-state index in [2.05, 4.69) is 28.1 Å². The summed E-state index contributed by atoms with van der Waals surface area (Å²) >= 11 is 0. The maximum absolute atomic E-state index is 9.83. The van der Waals surface area contributed by atoms with E-state index >= 15 is 0 Å². The van der Waals surface area contributed by atoms with Gasteiger partial charge in [0.15, 0.2) is 6.35 Å². The van der Waals surface area contributed by atoms with Crippen molar-refractivity contribution in [2.24, 2.45) is 0 Å². The van der Waals surface area contributed by atoms with Gasteiger partial charge in [0.25, 0.3) is 0 Å². The van der Waals surface area contributed by atoms with Crippen molar-refractivity contribution in [3.8, 4) is 0 Å². The van der Waals surface area contributed by atoms with Gasteiger partial charge in [0, 0.05) is 5.69 Å². The molecule has 4 heteroatoms. The van der Waals surface area contributed by atoms with Crippen LogP contribution >= 0.6 is 0 Å². The topological polar surface area (TPSA) is 56.3 Å². The molecule has 4 nitrogen and oxygen atoms in total. The monoisotopic (exact) mass is 219 g/mol. The van der Waals surface area contributed by atoms with Crippen LogP contribution in [0.25, 0.3) is 0 Å². The Morgan fingerprint density at radius 3 is 2.75 bits per heavy atom. The average Bonchev–Trinajstić information content (AvgIpc) is 2.30. The molecule has 2 aliphatic heterocycles. The van der Waals surface area contributed by atoms with Crippen LogP contribution in [0.1, 0.15) is 18.4 Å². The summed E-state index contributed by atoms with van der Waals surface area (Å²) in [6.45, 7) is 1.99. The Balaban J connectivity index is 2.05. The van der Waals surface area contributed by atoms with Gasteiger partial charge in [-0.25, -0.2) is 0 Å². The Labute approximate surface area is 95.1 Å². The van der Waals surface area contributed by atoms with Gasteiger partial charge < -0.3 is 15.7 Å². The molecule has 0 aliphatic carbocycles. The van der Waals surface area contributed by atoms with Gasteiger partial charge in [-0.1, -0.05) is 18.2 Å². The highest BCUT2D eigenvalue weighted by atomic mass is 16.3. The number of aliphatic hydroxyl groups is 1. The van der Waals surface area contributed by atoms with Gasteiger partial charge in [-0.3, -0.25) is 5.32 Å². The van der Waals surface area contributed by atoms with Crippen molar-refractivity contribution in [3.63, 3.8) is 0 Å². The van der Waals surface area contributed by atoms with Crippen LogP contribution in [0.5, 0.6) is 0 Å². The van der Waals surface area contributed by atoms with Crippen LogP contribution in [0.2, 0.25) is 0 Å². The van der Waals surface area contributed by atoms with Gasteiger partial charge in [0.1, 0.15) is 0 Å². The van der Waals surface area contributed by atoms with Crippen molar-refractivity contribution in [2.45, 2.75) is 24.7 Å². The third-order valence-corrected chi connectivity index (χ3v) is 3.60. The molecule has 86 valence electrons. The maximum atomic E-state index is 9.83. The number of aliphatic hydroxyl groups excluding tert-OH is 1. The molecule has 16 heavy (non-hydrogen) atoms. The van der Waals surface area contributed by atoms with Crippen molar-refractivity contribution in [1.29, 1.82) is 0 Å². The first-order valence-corrected chi connectivity index (χ1v) is 5.83. The van der Waals surface area contributed by atoms with Gasteiger partial charge in [-0.05, 0) is 37.6 Å². The fourth-order valence-corrected chi connectivity index (χ4v) is 2.82. The second-order valence-electron chi connectivity index (χ2n) is 4.57. The summed E-state index contributed by atoms with van der Waals surface area (Å²) < 4.78 is 0. The maximum Gasteiger partial charge on any atom is 0.182 e. The molecule has 4 N–H and O–H groups in total. The van der Waals surface area contributed by atoms with E-state index in [0.29, 0.717) is 0 Å². The van der Waals surface area contributed by atoms with Crippen LogP contribution < -0.4 is 16.0 Å². The average molecular weight is 219 g/mol. The van der Waals surface area contributed by atoms with Crippen LogP contribution in [-0.4, -0.2) is 24.5 Å². The molecule has 3 rings (SSSR count). The van der Waals surface area contributed by atoms with E-state index in [1.165, 1.54) is 5.56 Å². The van der Waals surface area contributed by atoms with Crippen LogP contribution in [-0.2, 0) is 5.54 Å². The Bertz CT molecular complexity index is 388. The number of piperidine rings is 1. The summed E-state index contributed by atoms with van der Waals surface area (Å²) in [5.41, 5.74) is 2.27. The zero-order valence-corrected chi connectivity index (χ0v) is 9.16. The first-order chi connectivity index (χ1) is 7.80. The molecule has 0 saturated carbocycles. The number of hydrogen-bond donors (Lipinski definition) is 4. The number of rotatable bonds is 0. The van der Waals surface area contributed by atoms with Crippen molar-refractivity contribution in [3.05, 3.63) is 29.8 Å². The van der Waals surface area contributed by atoms with Gasteiger partial charge >= 0.3 is 0 Å². The molecule has 2 heterocycles. The Morgan fingerprint density at radius 1 is 1.19 bits per heavy atom. The zero-order valence-electron chi connectivity index (χ0n) is 9.16. The fourth-order valence-electron chi connectivity index (χ4n) is 2.82. The van der Waals surface area contributed by atoms with Crippen LogP contribution in [0, 0.1) is 0 Å². The van der Waals surface area contributed by atoms with E-state index in [1.807, 2.05) is 12.1 Å². The SMILES string of the molecule is OC1Nc2ccccc2C2(CCNCC2)N1. The molecular formula is C12H17N3O. The predicted molar refractivity (Wildman–Crippen MR) is 63.0 cm³/mol. The molecule has 1 aromatic rings. The van der Waals surface area contributed by atoms with E-state index in [1.54, 1.807) is 0 Å². The lowest BCUT2D eigenvalue weighted by atomic mass is 9.79. The number of anilines is 1. The van der Waals surface area contributed by atoms with E-state index < -0.39 is 6.35 Å². The molecule has 1 spiro atoms. The van der Waals surface area contributed by atoms with Crippen LogP contribution in [0.15, 0.2) is 24.3 Å². The number of hydrogen-bond acceptors (Lipinski definition) is 4. The lowest BCUT2D eigenvalue weighted by Crippen LogP contribution is -2.58. The highest BCUT2D eigenvalue weighted by molar-refractivity contribution is 5.57. The van der Waals surface area contributed by atoms with Crippen molar-refractivity contribution >= 4 is 5.69 Å². The van der Waals surface area contributed by atoms with Crippen molar-refractivity contribution in [2.75, 3.05) is 18.4 Å². The molecule has 1 unspecified atom stereocenters. The second-order valence-corrected chi connectivity index (χ2v) is 4.57. The molecule has 1 atom stereocenters. The standard InChI is InChI=1S/C12H17N3O/c16-11-14-10-4-2-1-3-9(10)12(15-11)5-7-13-8-6-12/h1-4,11,13-16H,5-8H2. The molecule has 0 amide bonds. The normalized spacial score (nSPS) is 27.2. The number of fused-ring (bicyclic) bond motifs is 2. The largest absolute Gasteiger partial charge is 0.361 e. The number of benzene rings is 1. The molecule has 2 aliphatic rings. The van der Waals surface area contributed by atoms with Gasteiger partial charge in [-0.2, -0.15) is 0 Å². The summed E-state index contributed by atoms with van der Waals surface area (Å²) in [7, 11) is 0. The third-order valence-electron chi connectivity index (χ3n) is 3.60. The smallest absolute Gasteiger partial charge is 0.182 e. The van der Waals surface area contributed by atoms with E-state index in [0.717, 1.165) is 31.6 Å². The first kappa shape index (κ1) is 10.1. The Morgan fingerprint density at radius 2 is 1.94 bits per heavy atom.